The van der Waals surface area contributed by atoms with Crippen LogP contribution in [0.5, 0.6) is 0 Å². The summed E-state index contributed by atoms with van der Waals surface area (Å²) in [5.41, 5.74) is 0.847. The fourth-order valence-electron chi connectivity index (χ4n) is 4.05. The predicted molar refractivity (Wildman–Crippen MR) is 86.6 cm³/mol. The van der Waals surface area contributed by atoms with E-state index in [2.05, 4.69) is 0 Å². The highest BCUT2D eigenvalue weighted by Gasteiger charge is 2.47. The molecule has 3 atom stereocenters. The number of carbonyl (C=O) groups is 2. The standard InChI is InChI=1S/C16H22N2O4S/c1-10-9-23-16(22)17(10)7-6-14(19)18-12-5-3-2-4-11(12)8-13(18)15(20)21/h9,11-13H,2-8H2,1H3,(H,20,21). The third kappa shape index (κ3) is 3.06. The minimum absolute atomic E-state index is 0.0673. The molecular formula is C16H22N2O4S. The summed E-state index contributed by atoms with van der Waals surface area (Å²) in [7, 11) is 0. The summed E-state index contributed by atoms with van der Waals surface area (Å²) in [4.78, 5) is 37.5. The summed E-state index contributed by atoms with van der Waals surface area (Å²) >= 11 is 1.13. The third-order valence-electron chi connectivity index (χ3n) is 5.19. The van der Waals surface area contributed by atoms with Gasteiger partial charge < -0.3 is 14.6 Å². The largest absolute Gasteiger partial charge is 0.480 e. The van der Waals surface area contributed by atoms with Crippen molar-refractivity contribution in [3.8, 4) is 0 Å². The second-order valence-electron chi connectivity index (χ2n) is 6.55. The second kappa shape index (κ2) is 6.47. The van der Waals surface area contributed by atoms with Crippen LogP contribution in [0.25, 0.3) is 0 Å². The van der Waals surface area contributed by atoms with Gasteiger partial charge in [-0.3, -0.25) is 9.59 Å². The first-order valence-electron chi connectivity index (χ1n) is 8.18. The molecule has 0 radical (unpaired) electrons. The number of hydrogen-bond acceptors (Lipinski definition) is 4. The van der Waals surface area contributed by atoms with Crippen LogP contribution in [0.2, 0.25) is 0 Å². The van der Waals surface area contributed by atoms with Gasteiger partial charge in [0.25, 0.3) is 0 Å². The summed E-state index contributed by atoms with van der Waals surface area (Å²) in [6, 6.07) is -0.631. The van der Waals surface area contributed by atoms with E-state index in [4.69, 9.17) is 0 Å². The molecule has 1 N–H and O–H groups in total. The molecule has 3 rings (SSSR count). The number of thiazole rings is 1. The minimum Gasteiger partial charge on any atom is -0.480 e. The fourth-order valence-corrected chi connectivity index (χ4v) is 4.81. The summed E-state index contributed by atoms with van der Waals surface area (Å²) in [6.45, 7) is 2.17. The first-order chi connectivity index (χ1) is 11.0. The highest BCUT2D eigenvalue weighted by molar-refractivity contribution is 7.07. The van der Waals surface area contributed by atoms with Crippen molar-refractivity contribution in [1.29, 1.82) is 0 Å². The zero-order chi connectivity index (χ0) is 16.6. The Morgan fingerprint density at radius 3 is 2.74 bits per heavy atom. The summed E-state index contributed by atoms with van der Waals surface area (Å²) in [6.07, 6.45) is 4.85. The van der Waals surface area contributed by atoms with Crippen molar-refractivity contribution in [3.63, 3.8) is 0 Å². The number of carbonyl (C=O) groups excluding carboxylic acids is 1. The molecule has 23 heavy (non-hydrogen) atoms. The number of likely N-dealkylation sites (tertiary alicyclic amines) is 1. The first kappa shape index (κ1) is 16.2. The molecule has 1 aliphatic carbocycles. The highest BCUT2D eigenvalue weighted by Crippen LogP contribution is 2.40. The van der Waals surface area contributed by atoms with Crippen LogP contribution in [0.4, 0.5) is 0 Å². The molecule has 2 heterocycles. The lowest BCUT2D eigenvalue weighted by atomic mass is 9.84. The van der Waals surface area contributed by atoms with Gasteiger partial charge >= 0.3 is 10.8 Å². The van der Waals surface area contributed by atoms with E-state index in [9.17, 15) is 19.5 Å². The maximum Gasteiger partial charge on any atom is 0.326 e. The Balaban J connectivity index is 1.73. The lowest BCUT2D eigenvalue weighted by Gasteiger charge is -2.33. The van der Waals surface area contributed by atoms with Crippen LogP contribution in [-0.4, -0.2) is 38.5 Å². The average molecular weight is 338 g/mol. The number of nitrogens with zero attached hydrogens (tertiary/aromatic N) is 2. The molecule has 7 heteroatoms. The molecule has 0 spiro atoms. The lowest BCUT2D eigenvalue weighted by Crippen LogP contribution is -2.46. The number of amides is 1. The quantitative estimate of drug-likeness (QED) is 0.909. The van der Waals surface area contributed by atoms with Gasteiger partial charge in [-0.15, -0.1) is 0 Å². The van der Waals surface area contributed by atoms with E-state index >= 15 is 0 Å². The van der Waals surface area contributed by atoms with Gasteiger partial charge in [0.2, 0.25) is 5.91 Å². The molecule has 2 fully saturated rings. The lowest BCUT2D eigenvalue weighted by molar-refractivity contribution is -0.150. The van der Waals surface area contributed by atoms with Gasteiger partial charge in [0.05, 0.1) is 0 Å². The highest BCUT2D eigenvalue weighted by atomic mass is 32.1. The summed E-state index contributed by atoms with van der Waals surface area (Å²) < 4.78 is 1.59. The molecule has 1 aromatic heterocycles. The SMILES string of the molecule is Cc1csc(=O)n1CCC(=O)N1C(C(=O)O)CC2CCCCC21. The molecular weight excluding hydrogens is 316 g/mol. The van der Waals surface area contributed by atoms with Gasteiger partial charge in [0.1, 0.15) is 6.04 Å². The number of carboxylic acid groups (broad SMARTS) is 1. The topological polar surface area (TPSA) is 79.6 Å². The third-order valence-corrected chi connectivity index (χ3v) is 6.07. The maximum atomic E-state index is 12.7. The van der Waals surface area contributed by atoms with Gasteiger partial charge in [-0.25, -0.2) is 4.79 Å². The number of aliphatic carboxylic acids is 1. The van der Waals surface area contributed by atoms with E-state index in [0.29, 0.717) is 18.9 Å². The summed E-state index contributed by atoms with van der Waals surface area (Å²) in [5.74, 6) is -0.722. The monoisotopic (exact) mass is 338 g/mol. The minimum atomic E-state index is -0.906. The Hall–Kier alpha value is -1.63. The number of carboxylic acids is 1. The Morgan fingerprint density at radius 2 is 2.09 bits per heavy atom. The normalized spacial score (nSPS) is 27.0. The van der Waals surface area contributed by atoms with Gasteiger partial charge in [-0.1, -0.05) is 24.2 Å². The number of fused-ring (bicyclic) bond motifs is 1. The molecule has 1 amide bonds. The Labute approximate surface area is 138 Å². The van der Waals surface area contributed by atoms with Crippen molar-refractivity contribution < 1.29 is 14.7 Å². The smallest absolute Gasteiger partial charge is 0.326 e. The van der Waals surface area contributed by atoms with Crippen LogP contribution >= 0.6 is 11.3 Å². The zero-order valence-electron chi connectivity index (χ0n) is 13.2. The Morgan fingerprint density at radius 1 is 1.35 bits per heavy atom. The molecule has 1 aliphatic heterocycles. The number of hydrogen-bond donors (Lipinski definition) is 1. The predicted octanol–water partition coefficient (Wildman–Crippen LogP) is 1.85. The van der Waals surface area contributed by atoms with Gasteiger partial charge in [-0.05, 0) is 32.1 Å². The van der Waals surface area contributed by atoms with Crippen molar-refractivity contribution in [2.24, 2.45) is 5.92 Å². The van der Waals surface area contributed by atoms with E-state index in [0.717, 1.165) is 42.7 Å². The molecule has 1 aromatic rings. The van der Waals surface area contributed by atoms with E-state index in [-0.39, 0.29) is 23.2 Å². The van der Waals surface area contributed by atoms with Crippen LogP contribution in [0.1, 0.15) is 44.2 Å². The van der Waals surface area contributed by atoms with Gasteiger partial charge in [0, 0.05) is 30.1 Å². The van der Waals surface area contributed by atoms with Crippen molar-refractivity contribution >= 4 is 23.2 Å². The second-order valence-corrected chi connectivity index (χ2v) is 7.37. The van der Waals surface area contributed by atoms with Crippen molar-refractivity contribution in [3.05, 3.63) is 20.7 Å². The van der Waals surface area contributed by atoms with E-state index in [1.807, 2.05) is 6.92 Å². The number of rotatable bonds is 4. The van der Waals surface area contributed by atoms with E-state index in [1.54, 1.807) is 14.8 Å². The number of aromatic nitrogens is 1. The fraction of sp³-hybridized carbons (Fsp3) is 0.688. The van der Waals surface area contributed by atoms with Crippen molar-refractivity contribution in [2.75, 3.05) is 0 Å². The molecule has 126 valence electrons. The molecule has 1 saturated carbocycles. The van der Waals surface area contributed by atoms with Crippen LogP contribution < -0.4 is 4.87 Å². The number of aryl methyl sites for hydroxylation is 1. The van der Waals surface area contributed by atoms with E-state index in [1.165, 1.54) is 0 Å². The molecule has 6 nitrogen and oxygen atoms in total. The maximum absolute atomic E-state index is 12.7. The molecule has 0 bridgehead atoms. The van der Waals surface area contributed by atoms with Gasteiger partial charge in [0.15, 0.2) is 0 Å². The Bertz CT molecular complexity index is 665. The van der Waals surface area contributed by atoms with Gasteiger partial charge in [-0.2, -0.15) is 0 Å². The first-order valence-corrected chi connectivity index (χ1v) is 9.06. The van der Waals surface area contributed by atoms with Crippen LogP contribution in [0, 0.1) is 12.8 Å². The molecule has 0 aromatic carbocycles. The van der Waals surface area contributed by atoms with Crippen molar-refractivity contribution in [1.82, 2.24) is 9.47 Å². The van der Waals surface area contributed by atoms with Crippen LogP contribution in [0.3, 0.4) is 0 Å². The van der Waals surface area contributed by atoms with Crippen molar-refractivity contribution in [2.45, 2.75) is 64.1 Å². The molecule has 3 unspecified atom stereocenters. The van der Waals surface area contributed by atoms with Crippen LogP contribution in [-0.2, 0) is 16.1 Å². The molecule has 1 saturated heterocycles. The average Bonchev–Trinajstić information content (AvgIpc) is 3.06. The van der Waals surface area contributed by atoms with E-state index < -0.39 is 12.0 Å². The zero-order valence-corrected chi connectivity index (χ0v) is 14.1. The summed E-state index contributed by atoms with van der Waals surface area (Å²) in [5, 5.41) is 11.3. The van der Waals surface area contributed by atoms with Crippen LogP contribution in [0.15, 0.2) is 10.2 Å². The molecule has 2 aliphatic rings. The Kier molecular flexibility index (Phi) is 4.57.